The van der Waals surface area contributed by atoms with Gasteiger partial charge in [-0.2, -0.15) is 5.26 Å². The van der Waals surface area contributed by atoms with Gasteiger partial charge in [0.2, 0.25) is 0 Å². The van der Waals surface area contributed by atoms with Crippen molar-refractivity contribution < 1.29 is 4.79 Å². The first-order valence-corrected chi connectivity index (χ1v) is 7.20. The Morgan fingerprint density at radius 3 is 2.67 bits per heavy atom. The summed E-state index contributed by atoms with van der Waals surface area (Å²) in [4.78, 5) is 12.1. The maximum absolute atomic E-state index is 12.1. The van der Waals surface area contributed by atoms with Gasteiger partial charge in [-0.25, -0.2) is 0 Å². The van der Waals surface area contributed by atoms with E-state index < -0.39 is 5.91 Å². The highest BCUT2D eigenvalue weighted by Crippen LogP contribution is 2.17. The fourth-order valence-corrected chi connectivity index (χ4v) is 2.27. The fraction of sp³-hybridized carbons (Fsp3) is 0. The molecule has 104 valence electrons. The second-order valence-electron chi connectivity index (χ2n) is 4.19. The number of carbonyl (C=O) groups is 1. The first-order valence-electron chi connectivity index (χ1n) is 6.03. The summed E-state index contributed by atoms with van der Waals surface area (Å²) in [5.74, 6) is -0.462. The van der Waals surface area contributed by atoms with Crippen LogP contribution in [0.25, 0.3) is 6.08 Å². The van der Waals surface area contributed by atoms with Crippen molar-refractivity contribution >= 4 is 45.2 Å². The molecule has 0 aliphatic carbocycles. The van der Waals surface area contributed by atoms with Crippen molar-refractivity contribution in [2.24, 2.45) is 0 Å². The second kappa shape index (κ2) is 7.07. The molecule has 0 saturated heterocycles. The van der Waals surface area contributed by atoms with E-state index in [2.05, 4.69) is 21.2 Å². The van der Waals surface area contributed by atoms with Crippen LogP contribution in [0.4, 0.5) is 5.69 Å². The van der Waals surface area contributed by atoms with Crippen LogP contribution in [0.3, 0.4) is 0 Å². The third-order valence-electron chi connectivity index (χ3n) is 2.61. The molecule has 21 heavy (non-hydrogen) atoms. The number of halogens is 2. The van der Waals surface area contributed by atoms with Gasteiger partial charge in [0, 0.05) is 15.2 Å². The summed E-state index contributed by atoms with van der Waals surface area (Å²) in [5, 5.41) is 12.4. The van der Waals surface area contributed by atoms with Crippen LogP contribution in [0.1, 0.15) is 5.56 Å². The maximum Gasteiger partial charge on any atom is 0.266 e. The zero-order chi connectivity index (χ0) is 15.2. The highest BCUT2D eigenvalue weighted by Gasteiger charge is 2.09. The molecule has 0 radical (unpaired) electrons. The largest absolute Gasteiger partial charge is 0.321 e. The Bertz CT molecular complexity index is 750. The third-order valence-corrected chi connectivity index (χ3v) is 3.34. The van der Waals surface area contributed by atoms with Crippen LogP contribution in [-0.2, 0) is 4.79 Å². The Morgan fingerprint density at radius 1 is 1.24 bits per heavy atom. The van der Waals surface area contributed by atoms with E-state index in [1.807, 2.05) is 12.1 Å². The molecular weight excluding hydrogens is 352 g/mol. The number of nitriles is 1. The van der Waals surface area contributed by atoms with Gasteiger partial charge in [-0.05, 0) is 42.0 Å². The maximum atomic E-state index is 12.1. The Morgan fingerprint density at radius 2 is 2.00 bits per heavy atom. The van der Waals surface area contributed by atoms with E-state index >= 15 is 0 Å². The van der Waals surface area contributed by atoms with Crippen LogP contribution < -0.4 is 5.32 Å². The summed E-state index contributed by atoms with van der Waals surface area (Å²) in [6, 6.07) is 16.0. The van der Waals surface area contributed by atoms with Crippen molar-refractivity contribution in [2.75, 3.05) is 5.32 Å². The quantitative estimate of drug-likeness (QED) is 0.639. The molecule has 0 aliphatic heterocycles. The van der Waals surface area contributed by atoms with Crippen molar-refractivity contribution in [3.05, 3.63) is 69.2 Å². The molecule has 1 amide bonds. The molecular formula is C16H10BrClN2O. The van der Waals surface area contributed by atoms with Gasteiger partial charge in [0.05, 0.1) is 0 Å². The molecule has 2 aromatic carbocycles. The lowest BCUT2D eigenvalue weighted by molar-refractivity contribution is -0.112. The summed E-state index contributed by atoms with van der Waals surface area (Å²) in [7, 11) is 0. The summed E-state index contributed by atoms with van der Waals surface area (Å²) >= 11 is 9.20. The van der Waals surface area contributed by atoms with Crippen LogP contribution in [-0.4, -0.2) is 5.91 Å². The second-order valence-corrected chi connectivity index (χ2v) is 5.54. The zero-order valence-electron chi connectivity index (χ0n) is 10.8. The molecule has 1 N–H and O–H groups in total. The van der Waals surface area contributed by atoms with E-state index in [4.69, 9.17) is 16.9 Å². The predicted molar refractivity (Wildman–Crippen MR) is 87.8 cm³/mol. The average Bonchev–Trinajstić information content (AvgIpc) is 2.44. The minimum atomic E-state index is -0.462. The van der Waals surface area contributed by atoms with Crippen LogP contribution in [0, 0.1) is 11.3 Å². The molecule has 3 nitrogen and oxygen atoms in total. The van der Waals surface area contributed by atoms with Gasteiger partial charge in [-0.3, -0.25) is 4.79 Å². The molecule has 0 aromatic heterocycles. The van der Waals surface area contributed by atoms with E-state index in [1.54, 1.807) is 42.5 Å². The fourth-order valence-electron chi connectivity index (χ4n) is 1.68. The number of carbonyl (C=O) groups excluding carboxylic acids is 1. The van der Waals surface area contributed by atoms with Gasteiger partial charge in [0.25, 0.3) is 5.91 Å². The van der Waals surface area contributed by atoms with Crippen LogP contribution >= 0.6 is 27.5 Å². The normalized spacial score (nSPS) is 10.8. The third kappa shape index (κ3) is 4.45. The molecule has 0 heterocycles. The molecule has 0 aliphatic rings. The van der Waals surface area contributed by atoms with E-state index in [0.717, 1.165) is 4.47 Å². The predicted octanol–water partition coefficient (Wildman–Crippen LogP) is 4.65. The minimum absolute atomic E-state index is 0.0113. The summed E-state index contributed by atoms with van der Waals surface area (Å²) in [6.45, 7) is 0. The molecule has 2 rings (SSSR count). The Labute approximate surface area is 136 Å². The topological polar surface area (TPSA) is 52.9 Å². The van der Waals surface area contributed by atoms with Gasteiger partial charge in [-0.15, -0.1) is 0 Å². The minimum Gasteiger partial charge on any atom is -0.321 e. The SMILES string of the molecule is N#C/C(=C/c1cccc(Cl)c1)C(=O)Nc1cccc(Br)c1. The summed E-state index contributed by atoms with van der Waals surface area (Å²) < 4.78 is 0.845. The first-order chi connectivity index (χ1) is 10.1. The van der Waals surface area contributed by atoms with Crippen molar-refractivity contribution in [2.45, 2.75) is 0 Å². The Hall–Kier alpha value is -2.09. The van der Waals surface area contributed by atoms with Gasteiger partial charge in [-0.1, -0.05) is 45.7 Å². The van der Waals surface area contributed by atoms with Crippen molar-refractivity contribution in [3.63, 3.8) is 0 Å². The number of nitrogens with one attached hydrogen (secondary N) is 1. The van der Waals surface area contributed by atoms with Gasteiger partial charge >= 0.3 is 0 Å². The standard InChI is InChI=1S/C16H10BrClN2O/c17-13-4-2-6-15(9-13)20-16(21)12(10-19)7-11-3-1-5-14(18)8-11/h1-9H,(H,20,21)/b12-7-. The number of amides is 1. The zero-order valence-corrected chi connectivity index (χ0v) is 13.1. The summed E-state index contributed by atoms with van der Waals surface area (Å²) in [6.07, 6.45) is 1.50. The van der Waals surface area contributed by atoms with Crippen molar-refractivity contribution in [1.82, 2.24) is 0 Å². The number of benzene rings is 2. The highest BCUT2D eigenvalue weighted by molar-refractivity contribution is 9.10. The smallest absolute Gasteiger partial charge is 0.266 e. The molecule has 0 bridgehead atoms. The molecule has 2 aromatic rings. The van der Waals surface area contributed by atoms with Crippen LogP contribution in [0.5, 0.6) is 0 Å². The lowest BCUT2D eigenvalue weighted by atomic mass is 10.1. The van der Waals surface area contributed by atoms with E-state index in [1.165, 1.54) is 6.08 Å². The van der Waals surface area contributed by atoms with Crippen LogP contribution in [0.2, 0.25) is 5.02 Å². The van der Waals surface area contributed by atoms with Gasteiger partial charge in [0.1, 0.15) is 11.6 Å². The van der Waals surface area contributed by atoms with Crippen molar-refractivity contribution in [1.29, 1.82) is 5.26 Å². The first kappa shape index (κ1) is 15.3. The lowest BCUT2D eigenvalue weighted by Gasteiger charge is -2.04. The Kier molecular flexibility index (Phi) is 5.15. The van der Waals surface area contributed by atoms with E-state index in [-0.39, 0.29) is 5.57 Å². The number of nitrogens with zero attached hydrogens (tertiary/aromatic N) is 1. The van der Waals surface area contributed by atoms with E-state index in [9.17, 15) is 4.79 Å². The van der Waals surface area contributed by atoms with Crippen molar-refractivity contribution in [3.8, 4) is 6.07 Å². The number of hydrogen-bond donors (Lipinski definition) is 1. The van der Waals surface area contributed by atoms with Crippen LogP contribution in [0.15, 0.2) is 58.6 Å². The molecule has 0 fully saturated rings. The molecule has 0 unspecified atom stereocenters. The molecule has 0 spiro atoms. The van der Waals surface area contributed by atoms with Gasteiger partial charge < -0.3 is 5.32 Å². The van der Waals surface area contributed by atoms with Gasteiger partial charge in [0.15, 0.2) is 0 Å². The molecule has 0 atom stereocenters. The molecule has 0 saturated carbocycles. The Balaban J connectivity index is 2.21. The number of anilines is 1. The highest BCUT2D eigenvalue weighted by atomic mass is 79.9. The summed E-state index contributed by atoms with van der Waals surface area (Å²) in [5.41, 5.74) is 1.32. The van der Waals surface area contributed by atoms with E-state index in [0.29, 0.717) is 16.3 Å². The number of rotatable bonds is 3. The molecule has 5 heteroatoms. The average molecular weight is 362 g/mol. The number of hydrogen-bond acceptors (Lipinski definition) is 2. The monoisotopic (exact) mass is 360 g/mol. The lowest BCUT2D eigenvalue weighted by Crippen LogP contribution is -2.13.